The topological polar surface area (TPSA) is 46.3 Å². The first kappa shape index (κ1) is 12.2. The number of halogens is 1. The zero-order valence-electron chi connectivity index (χ0n) is 9.60. The number of amides is 1. The van der Waals surface area contributed by atoms with Gasteiger partial charge in [-0.2, -0.15) is 0 Å². The molecule has 2 unspecified atom stereocenters. The summed E-state index contributed by atoms with van der Waals surface area (Å²) in [4.78, 5) is 14.2. The summed E-state index contributed by atoms with van der Waals surface area (Å²) in [5.41, 5.74) is 5.91. The first-order valence-corrected chi connectivity index (χ1v) is 6.32. The summed E-state index contributed by atoms with van der Waals surface area (Å²) in [5, 5.41) is 0. The molecule has 1 aliphatic heterocycles. The Labute approximate surface area is 103 Å². The van der Waals surface area contributed by atoms with Crippen molar-refractivity contribution in [2.45, 2.75) is 38.1 Å². The first-order chi connectivity index (χ1) is 7.27. The summed E-state index contributed by atoms with van der Waals surface area (Å²) in [7, 11) is 0. The minimum absolute atomic E-state index is 0. The summed E-state index contributed by atoms with van der Waals surface area (Å²) in [6.07, 6.45) is 6.11. The maximum atomic E-state index is 12.2. The molecule has 3 rings (SSSR count). The molecule has 1 saturated heterocycles. The van der Waals surface area contributed by atoms with Crippen molar-refractivity contribution < 1.29 is 4.79 Å². The van der Waals surface area contributed by atoms with Gasteiger partial charge in [0.25, 0.3) is 0 Å². The molecule has 2 aliphatic carbocycles. The van der Waals surface area contributed by atoms with E-state index in [0.717, 1.165) is 37.8 Å². The van der Waals surface area contributed by atoms with E-state index in [1.165, 1.54) is 19.3 Å². The van der Waals surface area contributed by atoms with E-state index >= 15 is 0 Å². The minimum Gasteiger partial charge on any atom is -0.341 e. The lowest BCUT2D eigenvalue weighted by atomic mass is 10.0. The van der Waals surface area contributed by atoms with Gasteiger partial charge >= 0.3 is 0 Å². The van der Waals surface area contributed by atoms with Gasteiger partial charge in [-0.05, 0) is 37.5 Å². The molecule has 92 valence electrons. The molecule has 3 nitrogen and oxygen atoms in total. The highest BCUT2D eigenvalue weighted by molar-refractivity contribution is 5.85. The highest BCUT2D eigenvalue weighted by atomic mass is 35.5. The van der Waals surface area contributed by atoms with Gasteiger partial charge in [0.2, 0.25) is 5.91 Å². The molecule has 0 bridgehead atoms. The highest BCUT2D eigenvalue weighted by Gasteiger charge is 2.57. The lowest BCUT2D eigenvalue weighted by Gasteiger charge is -2.31. The number of hydrogen-bond acceptors (Lipinski definition) is 2. The summed E-state index contributed by atoms with van der Waals surface area (Å²) in [6, 6.07) is 0.223. The third-order valence-electron chi connectivity index (χ3n) is 4.46. The maximum absolute atomic E-state index is 12.2. The zero-order chi connectivity index (χ0) is 10.4. The fourth-order valence-corrected chi connectivity index (χ4v) is 3.61. The summed E-state index contributed by atoms with van der Waals surface area (Å²) < 4.78 is 0. The van der Waals surface area contributed by atoms with Crippen molar-refractivity contribution in [2.24, 2.45) is 23.5 Å². The molecule has 2 N–H and O–H groups in total. The van der Waals surface area contributed by atoms with E-state index in [4.69, 9.17) is 5.73 Å². The monoisotopic (exact) mass is 244 g/mol. The quantitative estimate of drug-likeness (QED) is 0.758. The van der Waals surface area contributed by atoms with E-state index in [9.17, 15) is 4.79 Å². The van der Waals surface area contributed by atoms with Crippen LogP contribution in [0.3, 0.4) is 0 Å². The number of likely N-dealkylation sites (tertiary alicyclic amines) is 1. The Morgan fingerprint density at radius 3 is 2.44 bits per heavy atom. The average Bonchev–Trinajstić information content (AvgIpc) is 2.70. The van der Waals surface area contributed by atoms with Crippen LogP contribution in [0.1, 0.15) is 32.1 Å². The number of nitrogens with two attached hydrogens (primary N) is 1. The van der Waals surface area contributed by atoms with Crippen molar-refractivity contribution in [3.8, 4) is 0 Å². The van der Waals surface area contributed by atoms with Gasteiger partial charge in [0, 0.05) is 25.0 Å². The maximum Gasteiger partial charge on any atom is 0.226 e. The van der Waals surface area contributed by atoms with Crippen LogP contribution in [-0.2, 0) is 4.79 Å². The molecular formula is C12H21ClN2O. The molecule has 2 saturated carbocycles. The lowest BCUT2D eigenvalue weighted by molar-refractivity contribution is -0.134. The molecule has 0 aromatic heterocycles. The molecule has 16 heavy (non-hydrogen) atoms. The van der Waals surface area contributed by atoms with Crippen LogP contribution in [0.25, 0.3) is 0 Å². The van der Waals surface area contributed by atoms with E-state index in [-0.39, 0.29) is 18.4 Å². The predicted molar refractivity (Wildman–Crippen MR) is 65.4 cm³/mol. The van der Waals surface area contributed by atoms with Crippen LogP contribution in [0.15, 0.2) is 0 Å². The van der Waals surface area contributed by atoms with E-state index in [1.807, 2.05) is 4.90 Å². The Morgan fingerprint density at radius 2 is 1.81 bits per heavy atom. The van der Waals surface area contributed by atoms with Gasteiger partial charge in [-0.25, -0.2) is 0 Å². The van der Waals surface area contributed by atoms with Gasteiger partial charge in [0.1, 0.15) is 0 Å². The second-order valence-corrected chi connectivity index (χ2v) is 5.47. The summed E-state index contributed by atoms with van der Waals surface area (Å²) in [6.45, 7) is 1.75. The molecule has 0 aromatic rings. The lowest BCUT2D eigenvalue weighted by Crippen LogP contribution is -2.46. The molecule has 1 amide bonds. The first-order valence-electron chi connectivity index (χ1n) is 6.32. The molecule has 0 spiro atoms. The number of carbonyl (C=O) groups is 1. The predicted octanol–water partition coefficient (Wildman–Crippen LogP) is 1.40. The molecule has 0 radical (unpaired) electrons. The van der Waals surface area contributed by atoms with Crippen LogP contribution in [0.2, 0.25) is 0 Å². The van der Waals surface area contributed by atoms with E-state index in [1.54, 1.807) is 0 Å². The van der Waals surface area contributed by atoms with Crippen molar-refractivity contribution in [3.05, 3.63) is 0 Å². The van der Waals surface area contributed by atoms with Crippen LogP contribution in [0, 0.1) is 17.8 Å². The Hall–Kier alpha value is -0.280. The van der Waals surface area contributed by atoms with Crippen molar-refractivity contribution in [1.82, 2.24) is 4.90 Å². The number of nitrogens with zero attached hydrogens (tertiary/aromatic N) is 1. The Bertz CT molecular complexity index is 274. The van der Waals surface area contributed by atoms with Crippen LogP contribution in [0.5, 0.6) is 0 Å². The molecule has 1 heterocycles. The number of hydrogen-bond donors (Lipinski definition) is 1. The second kappa shape index (κ2) is 4.53. The van der Waals surface area contributed by atoms with Gasteiger partial charge < -0.3 is 10.6 Å². The molecule has 3 aliphatic rings. The smallest absolute Gasteiger partial charge is 0.226 e. The largest absolute Gasteiger partial charge is 0.341 e. The Morgan fingerprint density at radius 1 is 1.12 bits per heavy atom. The average molecular weight is 245 g/mol. The minimum atomic E-state index is 0. The van der Waals surface area contributed by atoms with E-state index in [0.29, 0.717) is 11.8 Å². The van der Waals surface area contributed by atoms with Gasteiger partial charge in [0.05, 0.1) is 0 Å². The molecular weight excluding hydrogens is 224 g/mol. The fraction of sp³-hybridized carbons (Fsp3) is 0.917. The van der Waals surface area contributed by atoms with Crippen LogP contribution in [0.4, 0.5) is 0 Å². The van der Waals surface area contributed by atoms with Crippen LogP contribution in [-0.4, -0.2) is 29.9 Å². The molecule has 4 heteroatoms. The number of carbonyl (C=O) groups excluding carboxylic acids is 1. The summed E-state index contributed by atoms with van der Waals surface area (Å²) >= 11 is 0. The van der Waals surface area contributed by atoms with Gasteiger partial charge in [-0.3, -0.25) is 4.79 Å². The normalized spacial score (nSPS) is 41.2. The van der Waals surface area contributed by atoms with Crippen molar-refractivity contribution >= 4 is 18.3 Å². The molecule has 3 fully saturated rings. The number of rotatable bonds is 1. The van der Waals surface area contributed by atoms with Gasteiger partial charge in [-0.15, -0.1) is 12.4 Å². The van der Waals surface area contributed by atoms with Gasteiger partial charge in [0.15, 0.2) is 0 Å². The van der Waals surface area contributed by atoms with Gasteiger partial charge in [-0.1, -0.05) is 6.42 Å². The van der Waals surface area contributed by atoms with Crippen LogP contribution < -0.4 is 5.73 Å². The zero-order valence-corrected chi connectivity index (χ0v) is 10.4. The molecule has 0 aromatic carbocycles. The summed E-state index contributed by atoms with van der Waals surface area (Å²) in [5.74, 6) is 2.30. The number of piperidine rings is 1. The fourth-order valence-electron chi connectivity index (χ4n) is 3.61. The van der Waals surface area contributed by atoms with Crippen LogP contribution >= 0.6 is 12.4 Å². The standard InChI is InChI=1S/C12H20N2O.ClH/c13-8-3-2-6-14(7-8)12(15)11-9-4-1-5-10(9)11;/h8-11H,1-7,13H2;1H/t8-,9?,10?,11?;/m1./s1. The van der Waals surface area contributed by atoms with Crippen molar-refractivity contribution in [2.75, 3.05) is 13.1 Å². The second-order valence-electron chi connectivity index (χ2n) is 5.47. The molecule has 3 atom stereocenters. The van der Waals surface area contributed by atoms with Crippen molar-refractivity contribution in [3.63, 3.8) is 0 Å². The third-order valence-corrected chi connectivity index (χ3v) is 4.46. The SMILES string of the molecule is Cl.N[C@@H]1CCCN(C(=O)C2C3CCCC32)C1. The highest BCUT2D eigenvalue weighted by Crippen LogP contribution is 2.58. The van der Waals surface area contributed by atoms with Crippen molar-refractivity contribution in [1.29, 1.82) is 0 Å². The Balaban J connectivity index is 0.000000963. The van der Waals surface area contributed by atoms with E-state index in [2.05, 4.69) is 0 Å². The third kappa shape index (κ3) is 1.95. The number of fused-ring (bicyclic) bond motifs is 1. The van der Waals surface area contributed by atoms with E-state index < -0.39 is 0 Å². The Kier molecular flexibility index (Phi) is 3.45.